The van der Waals surface area contributed by atoms with Gasteiger partial charge in [-0.25, -0.2) is 4.79 Å². The van der Waals surface area contributed by atoms with Gasteiger partial charge >= 0.3 is 11.9 Å². The second kappa shape index (κ2) is 34.2. The lowest BCUT2D eigenvalue weighted by atomic mass is 10.0. The Morgan fingerprint density at radius 3 is 1.44 bits per heavy atom. The number of unbranched alkanes of at least 4 members (excludes halogenated alkanes) is 12. The fraction of sp³-hybridized carbons (Fsp3) is 0.829. The molecule has 0 fully saturated rings. The van der Waals surface area contributed by atoms with Gasteiger partial charge in [-0.3, -0.25) is 24.0 Å². The largest absolute Gasteiger partial charge is 0.481 e. The molecule has 1 atom stereocenters. The first-order valence-electron chi connectivity index (χ1n) is 18.4. The highest BCUT2D eigenvalue weighted by molar-refractivity contribution is 5.84. The van der Waals surface area contributed by atoms with Crippen LogP contribution in [-0.4, -0.2) is 111 Å². The molecule has 0 aliphatic carbocycles. The monoisotopic (exact) mass is 716 g/mol. The van der Waals surface area contributed by atoms with E-state index in [0.29, 0.717) is 39.1 Å². The minimum absolute atomic E-state index is 0.0162. The molecule has 0 aliphatic heterocycles. The average Bonchev–Trinajstić information content (AvgIpc) is 3.08. The maximum Gasteiger partial charge on any atom is 0.326 e. The van der Waals surface area contributed by atoms with Gasteiger partial charge in [0.15, 0.2) is 0 Å². The second-order valence-electron chi connectivity index (χ2n) is 12.2. The van der Waals surface area contributed by atoms with E-state index in [1.54, 1.807) is 6.92 Å². The third-order valence-corrected chi connectivity index (χ3v) is 7.72. The number of amides is 4. The molecule has 15 nitrogen and oxygen atoms in total. The number of aliphatic carboxylic acids is 2. The maximum absolute atomic E-state index is 12.3. The van der Waals surface area contributed by atoms with Gasteiger partial charge in [-0.1, -0.05) is 77.6 Å². The zero-order valence-electron chi connectivity index (χ0n) is 30.2. The summed E-state index contributed by atoms with van der Waals surface area (Å²) in [7, 11) is 0. The SMILES string of the molecule is CCC(=O)NCCOCCNC(=O)COCCOCCNC(=O)CCC(NC(=O)CCCCCCCCCCCCCCCC(=O)O)C(=O)O. The number of hydrogen-bond donors (Lipinski definition) is 6. The summed E-state index contributed by atoms with van der Waals surface area (Å²) in [6, 6.07) is -1.13. The van der Waals surface area contributed by atoms with Crippen molar-refractivity contribution in [2.24, 2.45) is 0 Å². The van der Waals surface area contributed by atoms with E-state index in [1.807, 2.05) is 0 Å². The van der Waals surface area contributed by atoms with E-state index in [9.17, 15) is 33.9 Å². The predicted molar refractivity (Wildman–Crippen MR) is 187 cm³/mol. The molecule has 0 saturated carbocycles. The summed E-state index contributed by atoms with van der Waals surface area (Å²) >= 11 is 0. The van der Waals surface area contributed by atoms with Crippen molar-refractivity contribution in [3.63, 3.8) is 0 Å². The van der Waals surface area contributed by atoms with Gasteiger partial charge in [-0.05, 0) is 19.3 Å². The van der Waals surface area contributed by atoms with Crippen LogP contribution in [0, 0.1) is 0 Å². The molecule has 0 bridgehead atoms. The molecule has 1 unspecified atom stereocenters. The normalized spacial score (nSPS) is 11.5. The second-order valence-corrected chi connectivity index (χ2v) is 12.2. The molecule has 0 spiro atoms. The van der Waals surface area contributed by atoms with Crippen molar-refractivity contribution in [3.8, 4) is 0 Å². The van der Waals surface area contributed by atoms with Crippen LogP contribution in [0.15, 0.2) is 0 Å². The fourth-order valence-corrected chi connectivity index (χ4v) is 4.84. The lowest BCUT2D eigenvalue weighted by Gasteiger charge is -2.14. The molecule has 0 aromatic carbocycles. The highest BCUT2D eigenvalue weighted by atomic mass is 16.5. The molecule has 0 radical (unpaired) electrons. The van der Waals surface area contributed by atoms with Gasteiger partial charge in [0.2, 0.25) is 23.6 Å². The molecule has 0 aliphatic rings. The summed E-state index contributed by atoms with van der Waals surface area (Å²) in [6.45, 7) is 3.93. The van der Waals surface area contributed by atoms with Crippen molar-refractivity contribution in [2.75, 3.05) is 59.3 Å². The van der Waals surface area contributed by atoms with Crippen LogP contribution < -0.4 is 21.3 Å². The summed E-state index contributed by atoms with van der Waals surface area (Å²) in [5.74, 6) is -2.90. The molecular weight excluding hydrogens is 652 g/mol. The van der Waals surface area contributed by atoms with Gasteiger partial charge in [0.25, 0.3) is 0 Å². The number of hydrogen-bond acceptors (Lipinski definition) is 9. The maximum atomic E-state index is 12.3. The predicted octanol–water partition coefficient (Wildman–Crippen LogP) is 3.08. The van der Waals surface area contributed by atoms with Crippen LogP contribution in [0.2, 0.25) is 0 Å². The Morgan fingerprint density at radius 1 is 0.500 bits per heavy atom. The van der Waals surface area contributed by atoms with Crippen molar-refractivity contribution in [2.45, 2.75) is 129 Å². The number of rotatable bonds is 36. The molecule has 0 aromatic rings. The molecule has 50 heavy (non-hydrogen) atoms. The summed E-state index contributed by atoms with van der Waals surface area (Å²) in [4.78, 5) is 69.3. The standard InChI is InChI=1S/C35H64N4O11/c1-2-30(40)36-20-23-48-24-22-38-33(43)28-50-27-26-49-25-21-37-31(41)19-18-29(35(46)47)39-32(42)16-14-12-10-8-6-4-3-5-7-9-11-13-15-17-34(44)45/h29H,2-28H2,1H3,(H,36,40)(H,37,41)(H,38,43)(H,39,42)(H,44,45)(H,46,47). The molecule has 15 heteroatoms. The molecular formula is C35H64N4O11. The number of ether oxygens (including phenoxy) is 3. The van der Waals surface area contributed by atoms with Crippen LogP contribution in [0.5, 0.6) is 0 Å². The first-order chi connectivity index (χ1) is 24.1. The van der Waals surface area contributed by atoms with Crippen molar-refractivity contribution in [1.82, 2.24) is 21.3 Å². The van der Waals surface area contributed by atoms with Crippen molar-refractivity contribution in [1.29, 1.82) is 0 Å². The Hall–Kier alpha value is -3.30. The van der Waals surface area contributed by atoms with Crippen LogP contribution in [0.3, 0.4) is 0 Å². The van der Waals surface area contributed by atoms with Gasteiger partial charge in [-0.15, -0.1) is 0 Å². The fourth-order valence-electron chi connectivity index (χ4n) is 4.84. The smallest absolute Gasteiger partial charge is 0.326 e. The van der Waals surface area contributed by atoms with Crippen molar-refractivity contribution >= 4 is 35.6 Å². The van der Waals surface area contributed by atoms with E-state index in [4.69, 9.17) is 19.3 Å². The Morgan fingerprint density at radius 2 is 0.940 bits per heavy atom. The van der Waals surface area contributed by atoms with Gasteiger partial charge < -0.3 is 45.7 Å². The Kier molecular flexibility index (Phi) is 31.9. The molecule has 0 aromatic heterocycles. The van der Waals surface area contributed by atoms with E-state index in [0.717, 1.165) is 44.9 Å². The number of carbonyl (C=O) groups excluding carboxylic acids is 4. The Labute approximate surface area is 297 Å². The Balaban J connectivity index is 3.68. The number of nitrogens with one attached hydrogen (secondary N) is 4. The Bertz CT molecular complexity index is 936. The van der Waals surface area contributed by atoms with E-state index in [-0.39, 0.29) is 82.3 Å². The van der Waals surface area contributed by atoms with Crippen LogP contribution in [0.25, 0.3) is 0 Å². The molecule has 4 amide bonds. The zero-order valence-corrected chi connectivity index (χ0v) is 30.2. The molecule has 290 valence electrons. The highest BCUT2D eigenvalue weighted by Gasteiger charge is 2.20. The third-order valence-electron chi connectivity index (χ3n) is 7.72. The van der Waals surface area contributed by atoms with E-state index >= 15 is 0 Å². The minimum Gasteiger partial charge on any atom is -0.481 e. The number of carboxylic acid groups (broad SMARTS) is 2. The van der Waals surface area contributed by atoms with Crippen LogP contribution in [-0.2, 0) is 43.0 Å². The van der Waals surface area contributed by atoms with Crippen molar-refractivity contribution in [3.05, 3.63) is 0 Å². The van der Waals surface area contributed by atoms with Crippen LogP contribution in [0.1, 0.15) is 122 Å². The molecule has 0 rings (SSSR count). The van der Waals surface area contributed by atoms with E-state index in [2.05, 4.69) is 21.3 Å². The topological polar surface area (TPSA) is 219 Å². The highest BCUT2D eigenvalue weighted by Crippen LogP contribution is 2.13. The van der Waals surface area contributed by atoms with E-state index < -0.39 is 18.0 Å². The van der Waals surface area contributed by atoms with Crippen LogP contribution in [0.4, 0.5) is 0 Å². The van der Waals surface area contributed by atoms with Gasteiger partial charge in [0.05, 0.1) is 33.0 Å². The zero-order chi connectivity index (χ0) is 37.1. The van der Waals surface area contributed by atoms with Crippen LogP contribution >= 0.6 is 0 Å². The van der Waals surface area contributed by atoms with Gasteiger partial charge in [0.1, 0.15) is 12.6 Å². The van der Waals surface area contributed by atoms with Gasteiger partial charge in [0, 0.05) is 45.3 Å². The van der Waals surface area contributed by atoms with Crippen molar-refractivity contribution < 1.29 is 53.2 Å². The summed E-state index contributed by atoms with van der Waals surface area (Å²) in [5, 5.41) is 28.6. The number of carbonyl (C=O) groups is 6. The summed E-state index contributed by atoms with van der Waals surface area (Å²) in [5.41, 5.74) is 0. The third kappa shape index (κ3) is 33.2. The lowest BCUT2D eigenvalue weighted by Crippen LogP contribution is -2.41. The lowest BCUT2D eigenvalue weighted by molar-refractivity contribution is -0.142. The summed E-state index contributed by atoms with van der Waals surface area (Å²) < 4.78 is 15.9. The molecule has 6 N–H and O–H groups in total. The first kappa shape index (κ1) is 46.7. The van der Waals surface area contributed by atoms with E-state index in [1.165, 1.54) is 32.1 Å². The first-order valence-corrected chi connectivity index (χ1v) is 18.4. The van der Waals surface area contributed by atoms with Gasteiger partial charge in [-0.2, -0.15) is 0 Å². The summed E-state index contributed by atoms with van der Waals surface area (Å²) in [6.07, 6.45) is 14.6. The average molecular weight is 717 g/mol. The quantitative estimate of drug-likeness (QED) is 0.0518. The molecule has 0 saturated heterocycles. The number of carboxylic acids is 2. The minimum atomic E-state index is -1.18. The molecule has 0 heterocycles.